The summed E-state index contributed by atoms with van der Waals surface area (Å²) in [7, 11) is 0. The van der Waals surface area contributed by atoms with E-state index in [4.69, 9.17) is 39.9 Å². The zero-order valence-corrected chi connectivity index (χ0v) is 11.3. The molecule has 2 rings (SSSR count). The van der Waals surface area contributed by atoms with E-state index >= 15 is 0 Å². The number of aliphatic hydroxyl groups excluding tert-OH is 1. The highest BCUT2D eigenvalue weighted by Gasteiger charge is 2.10. The van der Waals surface area contributed by atoms with Crippen LogP contribution in [0.4, 0.5) is 0 Å². The highest BCUT2D eigenvalue weighted by molar-refractivity contribution is 6.48. The Morgan fingerprint density at radius 2 is 1.72 bits per heavy atom. The van der Waals surface area contributed by atoms with Crippen LogP contribution >= 0.6 is 34.8 Å². The van der Waals surface area contributed by atoms with Crippen molar-refractivity contribution in [2.45, 2.75) is 6.61 Å². The lowest BCUT2D eigenvalue weighted by atomic mass is 10.1. The average Bonchev–Trinajstić information content (AvgIpc) is 2.35. The summed E-state index contributed by atoms with van der Waals surface area (Å²) < 4.78 is 0. The molecule has 0 fully saturated rings. The van der Waals surface area contributed by atoms with Gasteiger partial charge in [-0.2, -0.15) is 0 Å². The second-order valence-electron chi connectivity index (χ2n) is 3.64. The molecule has 0 aliphatic rings. The van der Waals surface area contributed by atoms with Gasteiger partial charge in [0.25, 0.3) is 5.56 Å². The molecule has 94 valence electrons. The Hall–Kier alpha value is -1.000. The monoisotopic (exact) mass is 303 g/mol. The molecule has 2 aromatic rings. The van der Waals surface area contributed by atoms with Gasteiger partial charge < -0.3 is 10.1 Å². The molecule has 6 heteroatoms. The Morgan fingerprint density at radius 3 is 2.22 bits per heavy atom. The molecule has 0 amide bonds. The second kappa shape index (κ2) is 5.33. The van der Waals surface area contributed by atoms with Crippen LogP contribution in [0.25, 0.3) is 11.1 Å². The van der Waals surface area contributed by atoms with Crippen molar-refractivity contribution >= 4 is 34.8 Å². The number of benzene rings is 1. The molecule has 0 radical (unpaired) electrons. The van der Waals surface area contributed by atoms with Crippen LogP contribution in [0.5, 0.6) is 0 Å². The average molecular weight is 305 g/mol. The maximum atomic E-state index is 11.8. The number of nitrogens with one attached hydrogen (secondary N) is 1. The van der Waals surface area contributed by atoms with Gasteiger partial charge in [-0.15, -0.1) is 0 Å². The van der Waals surface area contributed by atoms with Crippen LogP contribution in [0.15, 0.2) is 29.1 Å². The number of aromatic nitrogens is 1. The van der Waals surface area contributed by atoms with Crippen LogP contribution in [0.3, 0.4) is 0 Å². The fourth-order valence-electron chi connectivity index (χ4n) is 1.55. The summed E-state index contributed by atoms with van der Waals surface area (Å²) >= 11 is 17.7. The summed E-state index contributed by atoms with van der Waals surface area (Å²) in [4.78, 5) is 14.4. The number of hydrogen-bond donors (Lipinski definition) is 2. The number of halogens is 3. The number of hydrogen-bond acceptors (Lipinski definition) is 2. The second-order valence-corrected chi connectivity index (χ2v) is 4.83. The molecule has 0 spiro atoms. The molecule has 1 heterocycles. The van der Waals surface area contributed by atoms with E-state index < -0.39 is 0 Å². The third kappa shape index (κ3) is 2.54. The summed E-state index contributed by atoms with van der Waals surface area (Å²) in [5.74, 6) is 0. The lowest BCUT2D eigenvalue weighted by Gasteiger charge is -2.06. The molecule has 1 aromatic heterocycles. The number of H-pyrrole nitrogens is 1. The van der Waals surface area contributed by atoms with Crippen molar-refractivity contribution in [1.82, 2.24) is 4.98 Å². The Bertz CT molecular complexity index is 629. The molecule has 0 saturated heterocycles. The minimum absolute atomic E-state index is 0.225. The summed E-state index contributed by atoms with van der Waals surface area (Å²) in [5.41, 5.74) is 1.10. The zero-order valence-electron chi connectivity index (χ0n) is 9.01. The van der Waals surface area contributed by atoms with E-state index in [2.05, 4.69) is 4.98 Å². The van der Waals surface area contributed by atoms with Crippen molar-refractivity contribution in [3.63, 3.8) is 0 Å². The highest BCUT2D eigenvalue weighted by atomic mass is 35.5. The molecule has 0 aliphatic heterocycles. The highest BCUT2D eigenvalue weighted by Crippen LogP contribution is 2.34. The normalized spacial score (nSPS) is 10.7. The number of pyridine rings is 1. The van der Waals surface area contributed by atoms with Gasteiger partial charge in [-0.25, -0.2) is 0 Å². The topological polar surface area (TPSA) is 53.1 Å². The van der Waals surface area contributed by atoms with Crippen molar-refractivity contribution in [3.05, 3.63) is 55.4 Å². The van der Waals surface area contributed by atoms with Gasteiger partial charge >= 0.3 is 0 Å². The van der Waals surface area contributed by atoms with Crippen LogP contribution in [-0.2, 0) is 6.61 Å². The first kappa shape index (κ1) is 13.4. The van der Waals surface area contributed by atoms with Gasteiger partial charge in [-0.3, -0.25) is 4.79 Å². The maximum Gasteiger partial charge on any atom is 0.256 e. The lowest BCUT2D eigenvalue weighted by molar-refractivity contribution is 0.276. The molecule has 18 heavy (non-hydrogen) atoms. The van der Waals surface area contributed by atoms with Crippen molar-refractivity contribution in [2.75, 3.05) is 0 Å². The first-order valence-corrected chi connectivity index (χ1v) is 6.14. The van der Waals surface area contributed by atoms with Crippen molar-refractivity contribution in [1.29, 1.82) is 0 Å². The smallest absolute Gasteiger partial charge is 0.256 e. The van der Waals surface area contributed by atoms with Gasteiger partial charge in [0, 0.05) is 11.3 Å². The predicted molar refractivity (Wildman–Crippen MR) is 73.5 cm³/mol. The van der Waals surface area contributed by atoms with Gasteiger partial charge in [0.2, 0.25) is 0 Å². The van der Waals surface area contributed by atoms with Gasteiger partial charge in [-0.1, -0.05) is 34.8 Å². The van der Waals surface area contributed by atoms with E-state index in [0.29, 0.717) is 16.8 Å². The number of rotatable bonds is 2. The molecule has 0 aliphatic carbocycles. The third-order valence-electron chi connectivity index (χ3n) is 2.44. The van der Waals surface area contributed by atoms with Crippen LogP contribution in [0.1, 0.15) is 5.69 Å². The Kier molecular flexibility index (Phi) is 3.97. The van der Waals surface area contributed by atoms with E-state index in [1.807, 2.05) is 0 Å². The fraction of sp³-hybridized carbons (Fsp3) is 0.0833. The van der Waals surface area contributed by atoms with Gasteiger partial charge in [0.05, 0.1) is 21.7 Å². The van der Waals surface area contributed by atoms with Crippen LogP contribution in [0.2, 0.25) is 15.1 Å². The molecule has 1 aromatic carbocycles. The van der Waals surface area contributed by atoms with Crippen LogP contribution in [-0.4, -0.2) is 10.1 Å². The number of aliphatic hydroxyl groups is 1. The molecule has 3 nitrogen and oxygen atoms in total. The predicted octanol–water partition coefficient (Wildman–Crippen LogP) is 3.49. The third-order valence-corrected chi connectivity index (χ3v) is 3.63. The summed E-state index contributed by atoms with van der Waals surface area (Å²) in [5, 5.41) is 9.74. The van der Waals surface area contributed by atoms with Crippen LogP contribution < -0.4 is 5.56 Å². The maximum absolute atomic E-state index is 11.8. The Labute approximate surface area is 118 Å². The molecular formula is C12H8Cl3NO2. The van der Waals surface area contributed by atoms with E-state index in [0.717, 1.165) is 0 Å². The summed E-state index contributed by atoms with van der Waals surface area (Å²) in [6, 6.07) is 6.35. The lowest BCUT2D eigenvalue weighted by Crippen LogP contribution is -2.11. The molecule has 0 unspecified atom stereocenters. The Morgan fingerprint density at radius 1 is 1.11 bits per heavy atom. The summed E-state index contributed by atoms with van der Waals surface area (Å²) in [6.07, 6.45) is 0. The SMILES string of the molecule is O=c1[nH]c(CO)ccc1-c1cc(Cl)c(Cl)c(Cl)c1. The van der Waals surface area contributed by atoms with E-state index in [1.165, 1.54) is 0 Å². The van der Waals surface area contributed by atoms with Gasteiger partial charge in [0.15, 0.2) is 0 Å². The zero-order chi connectivity index (χ0) is 13.3. The minimum Gasteiger partial charge on any atom is -0.390 e. The van der Waals surface area contributed by atoms with Gasteiger partial charge in [-0.05, 0) is 29.8 Å². The summed E-state index contributed by atoms with van der Waals surface area (Å²) in [6.45, 7) is -0.225. The largest absolute Gasteiger partial charge is 0.390 e. The molecule has 0 bridgehead atoms. The van der Waals surface area contributed by atoms with Crippen molar-refractivity contribution in [2.24, 2.45) is 0 Å². The molecule has 0 atom stereocenters. The number of aromatic amines is 1. The van der Waals surface area contributed by atoms with Crippen molar-refractivity contribution in [3.8, 4) is 11.1 Å². The van der Waals surface area contributed by atoms with Crippen LogP contribution in [0, 0.1) is 0 Å². The first-order chi connectivity index (χ1) is 8.52. The van der Waals surface area contributed by atoms with Crippen molar-refractivity contribution < 1.29 is 5.11 Å². The molecule has 2 N–H and O–H groups in total. The van der Waals surface area contributed by atoms with E-state index in [-0.39, 0.29) is 27.2 Å². The molecular weight excluding hydrogens is 296 g/mol. The van der Waals surface area contributed by atoms with Gasteiger partial charge in [0.1, 0.15) is 0 Å². The first-order valence-electron chi connectivity index (χ1n) is 5.01. The Balaban J connectivity index is 2.59. The fourth-order valence-corrected chi connectivity index (χ4v) is 2.14. The standard InChI is InChI=1S/C12H8Cl3NO2/c13-9-3-6(4-10(14)11(9)15)8-2-1-7(5-17)16-12(8)18/h1-4,17H,5H2,(H,16,18). The van der Waals surface area contributed by atoms with E-state index in [9.17, 15) is 4.79 Å². The minimum atomic E-state index is -0.323. The van der Waals surface area contributed by atoms with E-state index in [1.54, 1.807) is 24.3 Å². The quantitative estimate of drug-likeness (QED) is 0.834. The molecule has 0 saturated carbocycles.